The first kappa shape index (κ1) is 6.62. The monoisotopic (exact) mass is 142 g/mol. The lowest BCUT2D eigenvalue weighted by Gasteiger charge is -2.21. The summed E-state index contributed by atoms with van der Waals surface area (Å²) in [6.07, 6.45) is 6.04. The molecule has 0 saturated carbocycles. The summed E-state index contributed by atoms with van der Waals surface area (Å²) in [4.78, 5) is 0. The molecule has 0 N–H and O–H groups in total. The fourth-order valence-corrected chi connectivity index (χ4v) is 1.49. The Balaban J connectivity index is 1.69. The van der Waals surface area contributed by atoms with Crippen molar-refractivity contribution in [2.75, 3.05) is 13.2 Å². The Hall–Kier alpha value is -0.0800. The lowest BCUT2D eigenvalue weighted by Crippen LogP contribution is -2.20. The summed E-state index contributed by atoms with van der Waals surface area (Å²) >= 11 is 0. The smallest absolute Gasteiger partial charge is 0.0834 e. The van der Waals surface area contributed by atoms with Gasteiger partial charge in [-0.25, -0.2) is 0 Å². The first-order valence-electron chi connectivity index (χ1n) is 4.18. The van der Waals surface area contributed by atoms with Gasteiger partial charge in [-0.2, -0.15) is 0 Å². The van der Waals surface area contributed by atoms with Crippen LogP contribution >= 0.6 is 0 Å². The summed E-state index contributed by atoms with van der Waals surface area (Å²) in [5, 5.41) is 0. The van der Waals surface area contributed by atoms with Crippen molar-refractivity contribution >= 4 is 0 Å². The predicted molar refractivity (Wildman–Crippen MR) is 37.9 cm³/mol. The lowest BCUT2D eigenvalue weighted by atomic mass is 10.1. The largest absolute Gasteiger partial charge is 0.378 e. The van der Waals surface area contributed by atoms with Crippen molar-refractivity contribution in [1.82, 2.24) is 0 Å². The highest BCUT2D eigenvalue weighted by Gasteiger charge is 2.27. The molecule has 0 bridgehead atoms. The zero-order valence-electron chi connectivity index (χ0n) is 6.21. The van der Waals surface area contributed by atoms with Gasteiger partial charge in [-0.3, -0.25) is 0 Å². The summed E-state index contributed by atoms with van der Waals surface area (Å²) in [5.74, 6) is 0. The molecule has 10 heavy (non-hydrogen) atoms. The number of rotatable bonds is 2. The van der Waals surface area contributed by atoms with E-state index in [1.807, 2.05) is 0 Å². The minimum absolute atomic E-state index is 0.515. The van der Waals surface area contributed by atoms with E-state index in [0.29, 0.717) is 12.2 Å². The van der Waals surface area contributed by atoms with E-state index >= 15 is 0 Å². The Morgan fingerprint density at radius 1 is 1.10 bits per heavy atom. The zero-order chi connectivity index (χ0) is 6.81. The molecule has 0 spiro atoms. The van der Waals surface area contributed by atoms with Crippen molar-refractivity contribution in [3.63, 3.8) is 0 Å². The van der Waals surface area contributed by atoms with Gasteiger partial charge < -0.3 is 9.47 Å². The highest BCUT2D eigenvalue weighted by molar-refractivity contribution is 4.75. The molecule has 2 heteroatoms. The first-order valence-corrected chi connectivity index (χ1v) is 4.18. The van der Waals surface area contributed by atoms with Crippen molar-refractivity contribution in [2.24, 2.45) is 0 Å². The molecule has 0 radical (unpaired) electrons. The van der Waals surface area contributed by atoms with Gasteiger partial charge in [0.25, 0.3) is 0 Å². The molecule has 2 aliphatic rings. The topological polar surface area (TPSA) is 21.8 Å². The minimum atomic E-state index is 0.515. The average Bonchev–Trinajstić information content (AvgIpc) is 2.74. The molecular formula is C8H14O2. The molecule has 2 atom stereocenters. The second-order valence-electron chi connectivity index (χ2n) is 3.18. The van der Waals surface area contributed by atoms with Crippen LogP contribution in [-0.4, -0.2) is 25.4 Å². The van der Waals surface area contributed by atoms with Crippen molar-refractivity contribution in [2.45, 2.75) is 37.9 Å². The van der Waals surface area contributed by atoms with Crippen molar-refractivity contribution in [3.8, 4) is 0 Å². The van der Waals surface area contributed by atoms with Crippen LogP contribution in [0.15, 0.2) is 0 Å². The third kappa shape index (κ3) is 1.70. The summed E-state index contributed by atoms with van der Waals surface area (Å²) in [7, 11) is 0. The maximum atomic E-state index is 5.55. The molecule has 2 rings (SSSR count). The Labute approximate surface area is 61.5 Å². The highest BCUT2D eigenvalue weighted by Crippen LogP contribution is 2.23. The molecule has 58 valence electrons. The average molecular weight is 142 g/mol. The molecule has 0 amide bonds. The molecule has 0 aromatic heterocycles. The van der Waals surface area contributed by atoms with E-state index in [1.54, 1.807) is 0 Å². The summed E-state index contributed by atoms with van der Waals surface area (Å²) in [5.41, 5.74) is 0. The van der Waals surface area contributed by atoms with Gasteiger partial charge in [0.1, 0.15) is 0 Å². The van der Waals surface area contributed by atoms with Crippen LogP contribution in [0, 0.1) is 0 Å². The fourth-order valence-electron chi connectivity index (χ4n) is 1.49. The van der Waals surface area contributed by atoms with E-state index in [4.69, 9.17) is 9.47 Å². The van der Waals surface area contributed by atoms with Crippen molar-refractivity contribution in [1.29, 1.82) is 0 Å². The highest BCUT2D eigenvalue weighted by atomic mass is 16.6. The van der Waals surface area contributed by atoms with Crippen LogP contribution in [0.5, 0.6) is 0 Å². The quantitative estimate of drug-likeness (QED) is 0.543. The zero-order valence-corrected chi connectivity index (χ0v) is 6.21. The maximum absolute atomic E-state index is 5.55. The third-order valence-corrected chi connectivity index (χ3v) is 2.20. The van der Waals surface area contributed by atoms with Gasteiger partial charge in [0, 0.05) is 13.0 Å². The SMILES string of the molecule is C1CCC(CC2CO2)OC1. The molecule has 2 heterocycles. The van der Waals surface area contributed by atoms with Gasteiger partial charge >= 0.3 is 0 Å². The van der Waals surface area contributed by atoms with Crippen LogP contribution in [0.1, 0.15) is 25.7 Å². The predicted octanol–water partition coefficient (Wildman–Crippen LogP) is 1.34. The van der Waals surface area contributed by atoms with Gasteiger partial charge in [-0.05, 0) is 19.3 Å². The van der Waals surface area contributed by atoms with E-state index in [9.17, 15) is 0 Å². The van der Waals surface area contributed by atoms with Crippen LogP contribution in [0.3, 0.4) is 0 Å². The third-order valence-electron chi connectivity index (χ3n) is 2.20. The van der Waals surface area contributed by atoms with Gasteiger partial charge in [0.2, 0.25) is 0 Å². The van der Waals surface area contributed by atoms with E-state index < -0.39 is 0 Å². The van der Waals surface area contributed by atoms with E-state index in [1.165, 1.54) is 19.3 Å². The van der Waals surface area contributed by atoms with E-state index in [0.717, 1.165) is 19.6 Å². The van der Waals surface area contributed by atoms with Crippen LogP contribution in [0.25, 0.3) is 0 Å². The van der Waals surface area contributed by atoms with E-state index in [2.05, 4.69) is 0 Å². The van der Waals surface area contributed by atoms with Gasteiger partial charge in [0.15, 0.2) is 0 Å². The van der Waals surface area contributed by atoms with Gasteiger partial charge in [0.05, 0.1) is 18.8 Å². The summed E-state index contributed by atoms with van der Waals surface area (Å²) < 4.78 is 10.7. The normalized spacial score (nSPS) is 39.6. The first-order chi connectivity index (χ1) is 4.95. The van der Waals surface area contributed by atoms with Crippen LogP contribution in [0.2, 0.25) is 0 Å². The van der Waals surface area contributed by atoms with E-state index in [-0.39, 0.29) is 0 Å². The van der Waals surface area contributed by atoms with Crippen molar-refractivity contribution < 1.29 is 9.47 Å². The Bertz CT molecular complexity index is 104. The van der Waals surface area contributed by atoms with Gasteiger partial charge in [-0.1, -0.05) is 0 Å². The second kappa shape index (κ2) is 2.89. The molecule has 2 aliphatic heterocycles. The van der Waals surface area contributed by atoms with Crippen molar-refractivity contribution in [3.05, 3.63) is 0 Å². The van der Waals surface area contributed by atoms with Crippen LogP contribution in [0.4, 0.5) is 0 Å². The maximum Gasteiger partial charge on any atom is 0.0834 e. The number of hydrogen-bond donors (Lipinski definition) is 0. The standard InChI is InChI=1S/C8H14O2/c1-2-4-9-7(3-1)5-8-6-10-8/h7-8H,1-6H2. The molecule has 2 nitrogen and oxygen atoms in total. The Morgan fingerprint density at radius 3 is 2.60 bits per heavy atom. The molecule has 0 aromatic carbocycles. The molecule has 0 aromatic rings. The molecule has 0 aliphatic carbocycles. The number of hydrogen-bond acceptors (Lipinski definition) is 2. The number of epoxide rings is 1. The second-order valence-corrected chi connectivity index (χ2v) is 3.18. The Morgan fingerprint density at radius 2 is 2.00 bits per heavy atom. The summed E-state index contributed by atoms with van der Waals surface area (Å²) in [6.45, 7) is 1.94. The summed E-state index contributed by atoms with van der Waals surface area (Å²) in [6, 6.07) is 0. The molecular weight excluding hydrogens is 128 g/mol. The number of ether oxygens (including phenoxy) is 2. The lowest BCUT2D eigenvalue weighted by molar-refractivity contribution is 0.00713. The molecule has 2 unspecified atom stereocenters. The van der Waals surface area contributed by atoms with Gasteiger partial charge in [-0.15, -0.1) is 0 Å². The minimum Gasteiger partial charge on any atom is -0.378 e. The van der Waals surface area contributed by atoms with Crippen LogP contribution < -0.4 is 0 Å². The van der Waals surface area contributed by atoms with Crippen LogP contribution in [-0.2, 0) is 9.47 Å². The Kier molecular flexibility index (Phi) is 1.91. The fraction of sp³-hybridized carbons (Fsp3) is 1.00. The molecule has 2 fully saturated rings. The molecule has 2 saturated heterocycles.